The molecule has 6 aromatic heterocycles. The maximum atomic E-state index is 14.3. The lowest BCUT2D eigenvalue weighted by molar-refractivity contribution is -0.155. The molecule has 12 aromatic rings. The van der Waals surface area contributed by atoms with Gasteiger partial charge in [0.1, 0.15) is 17.5 Å². The Morgan fingerprint density at radius 1 is 0.449 bits per heavy atom. The summed E-state index contributed by atoms with van der Waals surface area (Å²) in [6.45, 7) is 9.82. The molecular formula is C84H94F3N9O9S2. The van der Waals surface area contributed by atoms with Gasteiger partial charge in [-0.15, -0.1) is 0 Å². The smallest absolute Gasteiger partial charge is 0.306 e. The Morgan fingerprint density at radius 3 is 1.05 bits per heavy atom. The molecule has 7 fully saturated rings. The van der Waals surface area contributed by atoms with Crippen molar-refractivity contribution >= 4 is 110 Å². The molecular weight excluding hydrogens is 1400 g/mol. The van der Waals surface area contributed by atoms with Crippen molar-refractivity contribution < 1.29 is 57.1 Å². The van der Waals surface area contributed by atoms with Crippen LogP contribution in [0.1, 0.15) is 196 Å². The van der Waals surface area contributed by atoms with Crippen molar-refractivity contribution in [3.05, 3.63) is 178 Å². The van der Waals surface area contributed by atoms with Crippen molar-refractivity contribution in [2.45, 2.75) is 166 Å². The van der Waals surface area contributed by atoms with Crippen molar-refractivity contribution in [1.29, 1.82) is 0 Å². The number of aliphatic carboxylic acids is 3. The minimum atomic E-state index is -0.725. The number of carboxylic acids is 3. The average molecular weight is 1490 g/mol. The highest BCUT2D eigenvalue weighted by Crippen LogP contribution is 2.66. The van der Waals surface area contributed by atoms with Gasteiger partial charge in [0.25, 0.3) is 0 Å². The number of fused-ring (bicyclic) bond motifs is 6. The fraction of sp³-hybridized carbons (Fsp3) is 0.429. The molecule has 23 heteroatoms. The largest absolute Gasteiger partial charge is 0.481 e. The van der Waals surface area contributed by atoms with E-state index < -0.39 is 17.9 Å². The van der Waals surface area contributed by atoms with Gasteiger partial charge in [0, 0.05) is 137 Å². The van der Waals surface area contributed by atoms with Crippen LogP contribution in [0.5, 0.6) is 0 Å². The second kappa shape index (κ2) is 30.3. The first-order chi connectivity index (χ1) is 50.4. The highest BCUT2D eigenvalue weighted by atomic mass is 32.1. The lowest BCUT2D eigenvalue weighted by Crippen LogP contribution is -2.49. The van der Waals surface area contributed by atoms with E-state index in [9.17, 15) is 42.9 Å². The second-order valence-electron chi connectivity index (χ2n) is 31.2. The third-order valence-electron chi connectivity index (χ3n) is 24.5. The number of aromatic nitrogens is 9. The van der Waals surface area contributed by atoms with Crippen LogP contribution in [0.2, 0.25) is 0 Å². The monoisotopic (exact) mass is 1490 g/mol. The molecule has 0 radical (unpaired) electrons. The fourth-order valence-corrected chi connectivity index (χ4v) is 19.3. The summed E-state index contributed by atoms with van der Waals surface area (Å²) < 4.78 is 66.8. The molecule has 4 aliphatic carbocycles. The van der Waals surface area contributed by atoms with Crippen molar-refractivity contribution in [2.24, 2.45) is 23.2 Å². The third-order valence-corrected chi connectivity index (χ3v) is 24.5. The van der Waals surface area contributed by atoms with Crippen LogP contribution < -0.4 is 0 Å². The number of benzene rings is 6. The highest BCUT2D eigenvalue weighted by Gasteiger charge is 2.56. The van der Waals surface area contributed by atoms with Gasteiger partial charge in [-0.2, -0.15) is 42.3 Å². The van der Waals surface area contributed by atoms with Gasteiger partial charge in [0.05, 0.1) is 57.6 Å². The Morgan fingerprint density at radius 2 is 0.757 bits per heavy atom. The molecule has 6 aromatic carbocycles. The maximum absolute atomic E-state index is 14.3. The minimum absolute atomic E-state index is 0. The van der Waals surface area contributed by atoms with E-state index in [0.29, 0.717) is 52.2 Å². The first-order valence-electron chi connectivity index (χ1n) is 37.1. The molecule has 18 nitrogen and oxygen atoms in total. The number of ether oxygens (including phenoxy) is 3. The molecule has 1 spiro atoms. The van der Waals surface area contributed by atoms with Crippen LogP contribution in [0, 0.1) is 61.4 Å². The van der Waals surface area contributed by atoms with Crippen molar-refractivity contribution in [3.8, 4) is 17.1 Å². The third kappa shape index (κ3) is 13.8. The van der Waals surface area contributed by atoms with E-state index in [4.69, 9.17) is 14.2 Å². The predicted molar refractivity (Wildman–Crippen MR) is 419 cm³/mol. The molecule has 0 bridgehead atoms. The van der Waals surface area contributed by atoms with E-state index >= 15 is 0 Å². The van der Waals surface area contributed by atoms with E-state index in [0.717, 1.165) is 196 Å². The molecule has 3 aliphatic heterocycles. The minimum Gasteiger partial charge on any atom is -0.481 e. The lowest BCUT2D eigenvalue weighted by atomic mass is 9.47. The molecule has 19 rings (SSSR count). The molecule has 4 saturated carbocycles. The Bertz CT molecular complexity index is 5130. The van der Waals surface area contributed by atoms with Gasteiger partial charge in [-0.1, -0.05) is 7.43 Å². The summed E-state index contributed by atoms with van der Waals surface area (Å²) in [5, 5.41) is 56.8. The van der Waals surface area contributed by atoms with E-state index in [1.165, 1.54) is 49.9 Å². The van der Waals surface area contributed by atoms with Crippen LogP contribution in [0.25, 0.3) is 82.5 Å². The summed E-state index contributed by atoms with van der Waals surface area (Å²) >= 11 is 0. The number of carbonyl (C=O) groups is 3. The predicted octanol–water partition coefficient (Wildman–Crippen LogP) is 18.7. The Labute approximate surface area is 632 Å². The number of hydrogen-bond acceptors (Lipinski definition) is 9. The summed E-state index contributed by atoms with van der Waals surface area (Å²) in [6.07, 6.45) is 18.8. The zero-order valence-corrected chi connectivity index (χ0v) is 61.8. The van der Waals surface area contributed by atoms with Crippen LogP contribution in [0.3, 0.4) is 0 Å². The quantitative estimate of drug-likeness (QED) is 0.0596. The zero-order valence-electron chi connectivity index (χ0n) is 59.8. The Balaban J connectivity index is 0.000000133. The Kier molecular flexibility index (Phi) is 21.2. The van der Waals surface area contributed by atoms with Crippen LogP contribution >= 0.6 is 27.0 Å². The van der Waals surface area contributed by atoms with Gasteiger partial charge >= 0.3 is 17.9 Å². The van der Waals surface area contributed by atoms with Crippen LogP contribution in [-0.4, -0.2) is 117 Å². The summed E-state index contributed by atoms with van der Waals surface area (Å²) in [5.74, 6) is -0.441. The standard InChI is InChI=1S/C29H30FN3O3.2C27H28FN3O3.CH4.2H2S/c1-16-8-21(2-3-23(16)30)33-25-9-18-15-31-32-24(18)10-22(25)26(27(33)17-4-6-36-7-5-17)19-11-29(12-19)13-20(14-29)28(34)35;2*1-15-8-20(2-3-22(15)28)31-24-12-19-14-29-30-23(19)13-21(24)26(18-9-16(10-18)11-25(32)33)27(31)17-4-6-34-7-5-17;;;/h2-3,8-10,15,17,19-20H,4-7,11-14H2,1H3,(H,31,32)(H,34,35);2*2-3,8,12-14,16-18H,4-7,9-11H2,1H3,(H,29,30)(H,32,33);1H4;2*1H2. The van der Waals surface area contributed by atoms with E-state index in [1.807, 2.05) is 61.9 Å². The van der Waals surface area contributed by atoms with Gasteiger partial charge in [0.2, 0.25) is 0 Å². The Hall–Kier alpha value is -8.87. The highest BCUT2D eigenvalue weighted by molar-refractivity contribution is 7.59. The van der Waals surface area contributed by atoms with Crippen molar-refractivity contribution in [3.63, 3.8) is 0 Å². The van der Waals surface area contributed by atoms with Gasteiger partial charge in [-0.05, 0) is 270 Å². The number of halogens is 3. The number of aromatic amines is 3. The second-order valence-corrected chi connectivity index (χ2v) is 31.2. The molecule has 562 valence electrons. The lowest BCUT2D eigenvalue weighted by Gasteiger charge is -2.57. The number of nitrogens with zero attached hydrogens (tertiary/aromatic N) is 6. The number of rotatable bonds is 14. The van der Waals surface area contributed by atoms with Crippen LogP contribution in [0.4, 0.5) is 13.2 Å². The van der Waals surface area contributed by atoms with E-state index in [2.05, 4.69) is 80.7 Å². The molecule has 107 heavy (non-hydrogen) atoms. The summed E-state index contributed by atoms with van der Waals surface area (Å²) in [5.41, 5.74) is 19.2. The van der Waals surface area contributed by atoms with E-state index in [1.54, 1.807) is 32.0 Å². The van der Waals surface area contributed by atoms with Gasteiger partial charge in [0.15, 0.2) is 0 Å². The molecule has 0 unspecified atom stereocenters. The van der Waals surface area contributed by atoms with Gasteiger partial charge in [-0.3, -0.25) is 29.7 Å². The molecule has 3 saturated heterocycles. The molecule has 6 N–H and O–H groups in total. The number of hydrogen-bond donors (Lipinski definition) is 6. The number of aryl methyl sites for hydroxylation is 3. The van der Waals surface area contributed by atoms with Crippen LogP contribution in [0.15, 0.2) is 110 Å². The summed E-state index contributed by atoms with van der Waals surface area (Å²) in [4.78, 5) is 34.0. The number of nitrogens with one attached hydrogen (secondary N) is 3. The molecule has 7 aliphatic rings. The first-order valence-corrected chi connectivity index (χ1v) is 37.1. The molecule has 9 heterocycles. The van der Waals surface area contributed by atoms with E-state index in [-0.39, 0.29) is 87.9 Å². The fourth-order valence-electron chi connectivity index (χ4n) is 19.3. The van der Waals surface area contributed by atoms with Crippen molar-refractivity contribution in [2.75, 3.05) is 39.6 Å². The maximum Gasteiger partial charge on any atom is 0.306 e. The molecule has 0 atom stereocenters. The zero-order chi connectivity index (χ0) is 71.4. The first kappa shape index (κ1) is 75.0. The number of H-pyrrole nitrogens is 3. The van der Waals surface area contributed by atoms with Gasteiger partial charge < -0.3 is 43.2 Å². The number of carboxylic acid groups (broad SMARTS) is 3. The topological polar surface area (TPSA) is 240 Å². The van der Waals surface area contributed by atoms with Crippen molar-refractivity contribution in [1.82, 2.24) is 44.3 Å². The normalized spacial score (nSPS) is 22.4. The SMILES string of the molecule is C.Cc1cc(-n2c(C3CCOCC3)c(C3CC(CC(=O)O)C3)c3cc4[nH]ncc4cc32)ccc1F.Cc1cc(-n2c(C3CCOCC3)c(C3CC(CC(=O)O)C3)c3cc4[nH]ncc4cc32)ccc1F.Cc1cc(-n2c(C3CCOCC3)c(C3CC4(CC(C(=O)O)C4)C3)c3cc4[nH]ncc4cc32)ccc1F.S.S. The summed E-state index contributed by atoms with van der Waals surface area (Å²) in [6, 6.07) is 29.2. The van der Waals surface area contributed by atoms with Gasteiger partial charge in [-0.25, -0.2) is 13.2 Å². The summed E-state index contributed by atoms with van der Waals surface area (Å²) in [7, 11) is 0. The average Bonchev–Trinajstić information content (AvgIpc) is 1.60. The van der Waals surface area contributed by atoms with Crippen LogP contribution in [-0.2, 0) is 28.6 Å². The molecule has 0 amide bonds.